The largest absolute Gasteiger partial charge is 0.503 e. The second kappa shape index (κ2) is 12.2. The number of carbonyl (C=O) groups excluding carboxylic acids is 2. The molecule has 0 spiro atoms. The van der Waals surface area contributed by atoms with E-state index in [1.807, 2.05) is 6.07 Å². The number of para-hydroxylation sites is 1. The fourth-order valence-electron chi connectivity index (χ4n) is 5.03. The number of furan rings is 1. The highest BCUT2D eigenvalue weighted by atomic mass is 16.5. The molecule has 5 rings (SSSR count). The zero-order valence-electron chi connectivity index (χ0n) is 23.3. The van der Waals surface area contributed by atoms with Crippen LogP contribution in [0, 0.1) is 0 Å². The van der Waals surface area contributed by atoms with Gasteiger partial charge in [-0.2, -0.15) is 0 Å². The van der Waals surface area contributed by atoms with E-state index in [1.165, 1.54) is 19.1 Å². The molecule has 1 unspecified atom stereocenters. The maximum Gasteiger partial charge on any atom is 0.290 e. The van der Waals surface area contributed by atoms with Crippen molar-refractivity contribution in [1.29, 1.82) is 0 Å². The van der Waals surface area contributed by atoms with Crippen molar-refractivity contribution in [2.24, 2.45) is 0 Å². The highest BCUT2D eigenvalue weighted by molar-refractivity contribution is 6.16. The average Bonchev–Trinajstić information content (AvgIpc) is 3.55. The quantitative estimate of drug-likeness (QED) is 0.162. The number of aliphatic hydroxyl groups is 1. The number of rotatable bonds is 12. The van der Waals surface area contributed by atoms with Crippen molar-refractivity contribution in [3.63, 3.8) is 0 Å². The van der Waals surface area contributed by atoms with Crippen LogP contribution in [-0.4, -0.2) is 47.5 Å². The third kappa shape index (κ3) is 5.48. The van der Waals surface area contributed by atoms with Gasteiger partial charge in [0.05, 0.1) is 32.4 Å². The molecule has 0 saturated heterocycles. The van der Waals surface area contributed by atoms with Crippen molar-refractivity contribution in [2.45, 2.75) is 38.8 Å². The Morgan fingerprint density at radius 1 is 1.02 bits per heavy atom. The molecule has 9 heteroatoms. The predicted octanol–water partition coefficient (Wildman–Crippen LogP) is 6.19. The maximum atomic E-state index is 14.0. The van der Waals surface area contributed by atoms with Gasteiger partial charge in [-0.15, -0.1) is 0 Å². The Morgan fingerprint density at radius 2 is 1.85 bits per heavy atom. The Bertz CT molecular complexity index is 1590. The monoisotopic (exact) mass is 556 g/mol. The van der Waals surface area contributed by atoms with Gasteiger partial charge in [-0.25, -0.2) is 0 Å². The van der Waals surface area contributed by atoms with Crippen LogP contribution >= 0.6 is 0 Å². The van der Waals surface area contributed by atoms with E-state index < -0.39 is 23.5 Å². The number of ketones is 1. The lowest BCUT2D eigenvalue weighted by Gasteiger charge is -2.27. The number of carbonyl (C=O) groups is 2. The third-order valence-corrected chi connectivity index (χ3v) is 7.08. The van der Waals surface area contributed by atoms with E-state index in [0.29, 0.717) is 40.4 Å². The molecule has 2 aromatic heterocycles. The lowest BCUT2D eigenvalue weighted by atomic mass is 9.94. The lowest BCUT2D eigenvalue weighted by Crippen LogP contribution is -2.30. The Kier molecular flexibility index (Phi) is 8.24. The van der Waals surface area contributed by atoms with E-state index in [0.717, 1.165) is 24.8 Å². The third-order valence-electron chi connectivity index (χ3n) is 7.08. The number of hydrogen-bond acceptors (Lipinski definition) is 8. The molecule has 9 nitrogen and oxygen atoms in total. The smallest absolute Gasteiger partial charge is 0.290 e. The van der Waals surface area contributed by atoms with Crippen molar-refractivity contribution < 1.29 is 33.3 Å². The minimum Gasteiger partial charge on any atom is -0.503 e. The molecule has 0 radical (unpaired) electrons. The van der Waals surface area contributed by atoms with E-state index in [-0.39, 0.29) is 17.9 Å². The molecule has 1 aliphatic heterocycles. The molecule has 0 aliphatic carbocycles. The Balaban J connectivity index is 1.56. The number of benzene rings is 2. The van der Waals surface area contributed by atoms with Crippen molar-refractivity contribution in [2.75, 3.05) is 20.8 Å². The molecular formula is C32H32N2O7. The first kappa shape index (κ1) is 27.8. The zero-order valence-corrected chi connectivity index (χ0v) is 23.3. The van der Waals surface area contributed by atoms with E-state index in [4.69, 9.17) is 18.6 Å². The van der Waals surface area contributed by atoms with Crippen LogP contribution < -0.4 is 14.2 Å². The van der Waals surface area contributed by atoms with Gasteiger partial charge in [-0.1, -0.05) is 44.0 Å². The van der Waals surface area contributed by atoms with Gasteiger partial charge >= 0.3 is 0 Å². The normalized spacial score (nSPS) is 15.0. The molecule has 0 fully saturated rings. The summed E-state index contributed by atoms with van der Waals surface area (Å²) in [6.45, 7) is 2.78. The minimum atomic E-state index is -0.923. The topological polar surface area (TPSA) is 111 Å². The number of hydrogen-bond donors (Lipinski definition) is 1. The van der Waals surface area contributed by atoms with Crippen LogP contribution in [0.15, 0.2) is 82.7 Å². The number of amides is 1. The van der Waals surface area contributed by atoms with Crippen LogP contribution in [0.5, 0.6) is 17.2 Å². The number of fused-ring (bicyclic) bond motifs is 1. The first-order chi connectivity index (χ1) is 20.0. The fourth-order valence-corrected chi connectivity index (χ4v) is 5.03. The van der Waals surface area contributed by atoms with Crippen LogP contribution in [0.25, 0.3) is 11.0 Å². The molecule has 2 aromatic carbocycles. The van der Waals surface area contributed by atoms with Gasteiger partial charge in [0, 0.05) is 24.3 Å². The van der Waals surface area contributed by atoms with Crippen molar-refractivity contribution in [3.8, 4) is 17.2 Å². The molecule has 1 atom stereocenters. The molecule has 0 bridgehead atoms. The highest BCUT2D eigenvalue weighted by Gasteiger charge is 2.45. The summed E-state index contributed by atoms with van der Waals surface area (Å²) in [7, 11) is 3.05. The maximum absolute atomic E-state index is 14.0. The summed E-state index contributed by atoms with van der Waals surface area (Å²) in [5.74, 6) is -0.442. The van der Waals surface area contributed by atoms with Gasteiger partial charge in [0.2, 0.25) is 5.78 Å². The first-order valence-electron chi connectivity index (χ1n) is 13.5. The van der Waals surface area contributed by atoms with Crippen LogP contribution in [-0.2, 0) is 11.3 Å². The van der Waals surface area contributed by atoms with E-state index in [9.17, 15) is 14.7 Å². The number of Topliss-reactive ketones (excluding diaryl/α,β-unsaturated/α-hetero) is 1. The molecule has 1 aliphatic rings. The predicted molar refractivity (Wildman–Crippen MR) is 152 cm³/mol. The van der Waals surface area contributed by atoms with Gasteiger partial charge in [0.1, 0.15) is 0 Å². The SMILES string of the molecule is CCCCCOc1ccc(C2C(C(=O)c3cc4cccc(OC)c4o3)=C(O)C(=O)N2Cc2cccnc2)cc1OC. The molecule has 212 valence electrons. The molecule has 1 N–H and O–H groups in total. The zero-order chi connectivity index (χ0) is 28.9. The van der Waals surface area contributed by atoms with Gasteiger partial charge in [0.25, 0.3) is 5.91 Å². The Morgan fingerprint density at radius 3 is 2.59 bits per heavy atom. The number of unbranched alkanes of at least 4 members (excludes halogenated alkanes) is 2. The minimum absolute atomic E-state index is 0.0186. The summed E-state index contributed by atoms with van der Waals surface area (Å²) in [6, 6.07) is 14.8. The van der Waals surface area contributed by atoms with Crippen LogP contribution in [0.4, 0.5) is 0 Å². The molecule has 3 heterocycles. The first-order valence-corrected chi connectivity index (χ1v) is 13.5. The lowest BCUT2D eigenvalue weighted by molar-refractivity contribution is -0.130. The summed E-state index contributed by atoms with van der Waals surface area (Å²) in [4.78, 5) is 33.0. The van der Waals surface area contributed by atoms with Crippen molar-refractivity contribution in [1.82, 2.24) is 9.88 Å². The average molecular weight is 557 g/mol. The summed E-state index contributed by atoms with van der Waals surface area (Å²) in [5.41, 5.74) is 1.62. The van der Waals surface area contributed by atoms with E-state index in [2.05, 4.69) is 11.9 Å². The van der Waals surface area contributed by atoms with Gasteiger partial charge in [-0.3, -0.25) is 14.6 Å². The Hall–Kier alpha value is -4.79. The van der Waals surface area contributed by atoms with Crippen LogP contribution in [0.2, 0.25) is 0 Å². The molecule has 1 amide bonds. The van der Waals surface area contributed by atoms with Gasteiger partial charge in [0.15, 0.2) is 34.4 Å². The second-order valence-corrected chi connectivity index (χ2v) is 9.74. The van der Waals surface area contributed by atoms with Crippen molar-refractivity contribution in [3.05, 3.63) is 95.2 Å². The summed E-state index contributed by atoms with van der Waals surface area (Å²) in [5, 5.41) is 11.8. The summed E-state index contributed by atoms with van der Waals surface area (Å²) in [6.07, 6.45) is 6.32. The number of aromatic nitrogens is 1. The van der Waals surface area contributed by atoms with Crippen LogP contribution in [0.3, 0.4) is 0 Å². The second-order valence-electron chi connectivity index (χ2n) is 9.74. The molecule has 4 aromatic rings. The highest BCUT2D eigenvalue weighted by Crippen LogP contribution is 2.43. The number of nitrogens with zero attached hydrogens (tertiary/aromatic N) is 2. The molecule has 41 heavy (non-hydrogen) atoms. The van der Waals surface area contributed by atoms with Gasteiger partial charge in [-0.05, 0) is 47.9 Å². The Labute approximate surface area is 238 Å². The molecular weight excluding hydrogens is 524 g/mol. The number of aliphatic hydroxyl groups excluding tert-OH is 1. The number of methoxy groups -OCH3 is 2. The van der Waals surface area contributed by atoms with Gasteiger partial charge < -0.3 is 28.6 Å². The van der Waals surface area contributed by atoms with Crippen molar-refractivity contribution >= 4 is 22.7 Å². The fraction of sp³-hybridized carbons (Fsp3) is 0.281. The van der Waals surface area contributed by atoms with E-state index in [1.54, 1.807) is 60.9 Å². The van der Waals surface area contributed by atoms with Crippen LogP contribution in [0.1, 0.15) is 53.9 Å². The number of pyridine rings is 1. The summed E-state index contributed by atoms with van der Waals surface area (Å²) >= 11 is 0. The molecule has 0 saturated carbocycles. The standard InChI is InChI=1S/C32H32N2O7/c1-4-5-6-15-40-23-13-12-21(16-25(23)39-3)28-27(30(36)32(37)34(28)19-20-9-8-14-33-18-20)29(35)26-17-22-10-7-11-24(38-2)31(22)41-26/h7-14,16-18,28,36H,4-6,15,19H2,1-3H3. The van der Waals surface area contributed by atoms with E-state index >= 15 is 0 Å². The number of ether oxygens (including phenoxy) is 3. The summed E-state index contributed by atoms with van der Waals surface area (Å²) < 4.78 is 22.8.